The summed E-state index contributed by atoms with van der Waals surface area (Å²) in [6.45, 7) is 1.99. The smallest absolute Gasteiger partial charge is 0.140 e. The quantitative estimate of drug-likeness (QED) is 0.711. The second kappa shape index (κ2) is 6.57. The van der Waals surface area contributed by atoms with Crippen molar-refractivity contribution in [2.75, 3.05) is 13.1 Å². The molecule has 0 bridgehead atoms. The third-order valence-corrected chi connectivity index (χ3v) is 4.74. The molecule has 1 aliphatic rings. The molecule has 0 N–H and O–H groups in total. The molecule has 1 saturated heterocycles. The normalized spacial score (nSPS) is 21.4. The van der Waals surface area contributed by atoms with E-state index in [2.05, 4.69) is 15.0 Å². The number of hydrogen-bond acceptors (Lipinski definition) is 4. The zero-order valence-corrected chi connectivity index (χ0v) is 14.5. The van der Waals surface area contributed by atoms with E-state index in [-0.39, 0.29) is 0 Å². The Bertz CT molecular complexity index is 873. The van der Waals surface area contributed by atoms with Crippen LogP contribution in [0.1, 0.15) is 11.4 Å². The Morgan fingerprint density at radius 2 is 2.08 bits per heavy atom. The second-order valence-electron chi connectivity index (χ2n) is 6.66. The summed E-state index contributed by atoms with van der Waals surface area (Å²) in [5.41, 5.74) is 3.08. The summed E-state index contributed by atoms with van der Waals surface area (Å²) in [5.74, 6) is 0.819. The molecular formula is C18H22FN5O. The molecular weight excluding hydrogens is 321 g/mol. The largest absolute Gasteiger partial charge is 0.366 e. The molecule has 1 fully saturated rings. The molecule has 25 heavy (non-hydrogen) atoms. The fourth-order valence-electron chi connectivity index (χ4n) is 3.41. The number of para-hydroxylation sites is 2. The lowest BCUT2D eigenvalue weighted by Crippen LogP contribution is -2.25. The van der Waals surface area contributed by atoms with E-state index in [0.717, 1.165) is 22.4 Å². The average molecular weight is 343 g/mol. The molecule has 0 amide bonds. The molecule has 3 heterocycles. The number of aryl methyl sites for hydroxylation is 2. The average Bonchev–Trinajstić information content (AvgIpc) is 3.25. The van der Waals surface area contributed by atoms with Crippen LogP contribution in [0.15, 0.2) is 36.7 Å². The SMILES string of the molecule is Cn1cc(CN2C[C@@H](F)[C@@H](OCc3nc4ccccc4n3C)C2)cn1. The van der Waals surface area contributed by atoms with Gasteiger partial charge >= 0.3 is 0 Å². The first-order valence-electron chi connectivity index (χ1n) is 8.46. The standard InChI is InChI=1S/C18H22FN5O/c1-22-8-13(7-20-22)9-24-10-14(19)17(11-24)25-12-18-21-15-5-3-4-6-16(15)23(18)2/h3-8,14,17H,9-12H2,1-2H3/t14-,17+/m1/s1. The Labute approximate surface area is 145 Å². The van der Waals surface area contributed by atoms with Crippen LogP contribution in [0.2, 0.25) is 0 Å². The Morgan fingerprint density at radius 3 is 2.84 bits per heavy atom. The van der Waals surface area contributed by atoms with Crippen molar-refractivity contribution in [2.45, 2.75) is 25.4 Å². The fraction of sp³-hybridized carbons (Fsp3) is 0.444. The van der Waals surface area contributed by atoms with Gasteiger partial charge in [0.1, 0.15) is 24.7 Å². The zero-order valence-electron chi connectivity index (χ0n) is 14.5. The third-order valence-electron chi connectivity index (χ3n) is 4.74. The van der Waals surface area contributed by atoms with Crippen LogP contribution in [-0.4, -0.2) is 49.6 Å². The number of hydrogen-bond donors (Lipinski definition) is 0. The molecule has 3 aromatic rings. The highest BCUT2D eigenvalue weighted by Gasteiger charge is 2.34. The molecule has 2 aromatic heterocycles. The van der Waals surface area contributed by atoms with Gasteiger partial charge in [0, 0.05) is 45.5 Å². The van der Waals surface area contributed by atoms with E-state index in [1.54, 1.807) is 4.68 Å². The van der Waals surface area contributed by atoms with Crippen LogP contribution < -0.4 is 0 Å². The lowest BCUT2D eigenvalue weighted by Gasteiger charge is -2.15. The monoisotopic (exact) mass is 343 g/mol. The van der Waals surface area contributed by atoms with Gasteiger partial charge in [0.15, 0.2) is 0 Å². The van der Waals surface area contributed by atoms with E-state index < -0.39 is 12.3 Å². The van der Waals surface area contributed by atoms with Crippen LogP contribution in [0, 0.1) is 0 Å². The first-order valence-corrected chi connectivity index (χ1v) is 8.46. The van der Waals surface area contributed by atoms with Crippen molar-refractivity contribution in [3.05, 3.63) is 48.0 Å². The lowest BCUT2D eigenvalue weighted by atomic mass is 10.3. The van der Waals surface area contributed by atoms with Crippen molar-refractivity contribution in [1.29, 1.82) is 0 Å². The van der Waals surface area contributed by atoms with E-state index in [9.17, 15) is 4.39 Å². The molecule has 6 nitrogen and oxygen atoms in total. The van der Waals surface area contributed by atoms with Crippen molar-refractivity contribution in [2.24, 2.45) is 14.1 Å². The maximum Gasteiger partial charge on any atom is 0.140 e. The van der Waals surface area contributed by atoms with Crippen LogP contribution in [0.3, 0.4) is 0 Å². The van der Waals surface area contributed by atoms with Crippen LogP contribution in [0.25, 0.3) is 11.0 Å². The van der Waals surface area contributed by atoms with E-state index in [1.165, 1.54) is 0 Å². The summed E-state index contributed by atoms with van der Waals surface area (Å²) < 4.78 is 24.0. The number of aromatic nitrogens is 4. The minimum absolute atomic E-state index is 0.316. The first kappa shape index (κ1) is 16.2. The molecule has 132 valence electrons. The van der Waals surface area contributed by atoms with Crippen molar-refractivity contribution >= 4 is 11.0 Å². The number of benzene rings is 1. The molecule has 0 saturated carbocycles. The van der Waals surface area contributed by atoms with Crippen molar-refractivity contribution in [3.63, 3.8) is 0 Å². The maximum atomic E-state index is 14.3. The number of rotatable bonds is 5. The highest BCUT2D eigenvalue weighted by atomic mass is 19.1. The summed E-state index contributed by atoms with van der Waals surface area (Å²) >= 11 is 0. The minimum atomic E-state index is -0.980. The number of fused-ring (bicyclic) bond motifs is 1. The Kier molecular flexibility index (Phi) is 4.27. The van der Waals surface area contributed by atoms with Gasteiger partial charge in [-0.05, 0) is 12.1 Å². The number of likely N-dealkylation sites (tertiary alicyclic amines) is 1. The van der Waals surface area contributed by atoms with E-state index in [1.807, 2.05) is 55.3 Å². The Morgan fingerprint density at radius 1 is 1.24 bits per heavy atom. The topological polar surface area (TPSA) is 48.1 Å². The molecule has 0 unspecified atom stereocenters. The van der Waals surface area contributed by atoms with Gasteiger partial charge in [-0.15, -0.1) is 0 Å². The van der Waals surface area contributed by atoms with Crippen LogP contribution >= 0.6 is 0 Å². The van der Waals surface area contributed by atoms with E-state index in [4.69, 9.17) is 4.74 Å². The first-order chi connectivity index (χ1) is 12.1. The summed E-state index contributed by atoms with van der Waals surface area (Å²) in [6.07, 6.45) is 2.38. The number of halogens is 1. The minimum Gasteiger partial charge on any atom is -0.366 e. The summed E-state index contributed by atoms with van der Waals surface area (Å²) in [6, 6.07) is 7.95. The highest BCUT2D eigenvalue weighted by Crippen LogP contribution is 2.21. The number of alkyl halides is 1. The van der Waals surface area contributed by atoms with Gasteiger partial charge < -0.3 is 9.30 Å². The zero-order chi connectivity index (χ0) is 17.4. The van der Waals surface area contributed by atoms with Crippen LogP contribution in [0.5, 0.6) is 0 Å². The predicted octanol–water partition coefficient (Wildman–Crippen LogP) is 2.05. The van der Waals surface area contributed by atoms with Gasteiger partial charge in [-0.25, -0.2) is 9.37 Å². The fourth-order valence-corrected chi connectivity index (χ4v) is 3.41. The molecule has 1 aliphatic heterocycles. The van der Waals surface area contributed by atoms with Crippen molar-refractivity contribution < 1.29 is 9.13 Å². The third kappa shape index (κ3) is 3.29. The van der Waals surface area contributed by atoms with Crippen LogP contribution in [-0.2, 0) is 32.0 Å². The molecule has 7 heteroatoms. The lowest BCUT2D eigenvalue weighted by molar-refractivity contribution is 0.00749. The molecule has 2 atom stereocenters. The van der Waals surface area contributed by atoms with Gasteiger partial charge in [-0.1, -0.05) is 12.1 Å². The maximum absolute atomic E-state index is 14.3. The Balaban J connectivity index is 1.38. The van der Waals surface area contributed by atoms with Gasteiger partial charge in [-0.2, -0.15) is 5.10 Å². The van der Waals surface area contributed by atoms with Gasteiger partial charge in [0.2, 0.25) is 0 Å². The van der Waals surface area contributed by atoms with Crippen LogP contribution in [0.4, 0.5) is 4.39 Å². The number of ether oxygens (including phenoxy) is 1. The second-order valence-corrected chi connectivity index (χ2v) is 6.66. The van der Waals surface area contributed by atoms with Gasteiger partial charge in [-0.3, -0.25) is 9.58 Å². The van der Waals surface area contributed by atoms with Gasteiger partial charge in [0.05, 0.1) is 17.2 Å². The summed E-state index contributed by atoms with van der Waals surface area (Å²) in [5, 5.41) is 4.16. The predicted molar refractivity (Wildman–Crippen MR) is 92.7 cm³/mol. The number of nitrogens with zero attached hydrogens (tertiary/aromatic N) is 5. The van der Waals surface area contributed by atoms with Gasteiger partial charge in [0.25, 0.3) is 0 Å². The van der Waals surface area contributed by atoms with Crippen molar-refractivity contribution in [1.82, 2.24) is 24.2 Å². The van der Waals surface area contributed by atoms with E-state index >= 15 is 0 Å². The number of imidazole rings is 1. The molecule has 4 rings (SSSR count). The summed E-state index contributed by atoms with van der Waals surface area (Å²) in [7, 11) is 3.85. The van der Waals surface area contributed by atoms with E-state index in [0.29, 0.717) is 26.2 Å². The highest BCUT2D eigenvalue weighted by molar-refractivity contribution is 5.75. The molecule has 0 spiro atoms. The van der Waals surface area contributed by atoms with Crippen molar-refractivity contribution in [3.8, 4) is 0 Å². The Hall–Kier alpha value is -2.25. The molecule has 0 aliphatic carbocycles. The molecule has 1 aromatic carbocycles. The summed E-state index contributed by atoms with van der Waals surface area (Å²) in [4.78, 5) is 6.65. The molecule has 0 radical (unpaired) electrons.